The van der Waals surface area contributed by atoms with Gasteiger partial charge in [0.1, 0.15) is 5.75 Å². The number of ether oxygens (including phenoxy) is 1. The van der Waals surface area contributed by atoms with Gasteiger partial charge in [0.15, 0.2) is 0 Å². The van der Waals surface area contributed by atoms with Crippen LogP contribution >= 0.6 is 0 Å². The maximum Gasteiger partial charge on any atom is 0.417 e. The van der Waals surface area contributed by atoms with Crippen LogP contribution in [0.25, 0.3) is 11.0 Å². The minimum absolute atomic E-state index is 0.0694. The molecule has 0 amide bonds. The van der Waals surface area contributed by atoms with Gasteiger partial charge in [-0.15, -0.1) is 0 Å². The number of rotatable bonds is 5. The molecule has 138 valence electrons. The summed E-state index contributed by atoms with van der Waals surface area (Å²) in [5.41, 5.74) is -0.0633. The van der Waals surface area contributed by atoms with Gasteiger partial charge in [0.2, 0.25) is 5.88 Å². The van der Waals surface area contributed by atoms with Crippen LogP contribution in [-0.2, 0) is 12.7 Å². The molecule has 0 bridgehead atoms. The van der Waals surface area contributed by atoms with Gasteiger partial charge in [-0.3, -0.25) is 0 Å². The number of hydrogen-bond donors (Lipinski definition) is 1. The van der Waals surface area contributed by atoms with Gasteiger partial charge in [0.25, 0.3) is 0 Å². The van der Waals surface area contributed by atoms with E-state index in [9.17, 15) is 18.3 Å². The fraction of sp³-hybridized carbons (Fsp3) is 0.333. The van der Waals surface area contributed by atoms with Crippen molar-refractivity contribution < 1.29 is 23.0 Å². The Morgan fingerprint density at radius 1 is 1.12 bits per heavy atom. The Kier molecular flexibility index (Phi) is 4.62. The van der Waals surface area contributed by atoms with Crippen molar-refractivity contribution >= 4 is 11.0 Å². The van der Waals surface area contributed by atoms with Crippen LogP contribution < -0.4 is 4.74 Å². The van der Waals surface area contributed by atoms with Crippen LogP contribution in [0, 0.1) is 0 Å². The molecule has 0 unspecified atom stereocenters. The first-order valence-electron chi connectivity index (χ1n) is 8.00. The standard InChI is InChI=1S/C18H18F3N3O2/c1-17(2,25)7-8-24-11-23-14-5-4-13(9-15(14)24)26-16-6-3-12(10-22-16)18(19,20)21/h3-6,9-11,25H,7-8H2,1-2H3. The van der Waals surface area contributed by atoms with E-state index in [1.165, 1.54) is 6.07 Å². The molecule has 0 aliphatic heterocycles. The molecule has 0 spiro atoms. The fourth-order valence-corrected chi connectivity index (χ4v) is 2.40. The lowest BCUT2D eigenvalue weighted by atomic mass is 10.1. The van der Waals surface area contributed by atoms with Crippen LogP contribution in [-0.4, -0.2) is 25.2 Å². The van der Waals surface area contributed by atoms with Crippen molar-refractivity contribution in [2.45, 2.75) is 38.6 Å². The average Bonchev–Trinajstić information content (AvgIpc) is 2.94. The highest BCUT2D eigenvalue weighted by atomic mass is 19.4. The Hall–Kier alpha value is -2.61. The molecule has 0 fully saturated rings. The first-order chi connectivity index (χ1) is 12.1. The van der Waals surface area contributed by atoms with Crippen molar-refractivity contribution in [1.82, 2.24) is 14.5 Å². The molecule has 3 aromatic rings. The summed E-state index contributed by atoms with van der Waals surface area (Å²) in [6.07, 6.45) is -1.47. The Morgan fingerprint density at radius 2 is 1.88 bits per heavy atom. The molecule has 3 rings (SSSR count). The van der Waals surface area contributed by atoms with E-state index in [2.05, 4.69) is 9.97 Å². The predicted molar refractivity (Wildman–Crippen MR) is 90.0 cm³/mol. The molecule has 26 heavy (non-hydrogen) atoms. The Morgan fingerprint density at radius 3 is 2.50 bits per heavy atom. The predicted octanol–water partition coefficient (Wildman–Crippen LogP) is 4.40. The summed E-state index contributed by atoms with van der Waals surface area (Å²) >= 11 is 0. The monoisotopic (exact) mass is 365 g/mol. The molecule has 0 atom stereocenters. The number of hydrogen-bond acceptors (Lipinski definition) is 4. The van der Waals surface area contributed by atoms with Gasteiger partial charge in [0.05, 0.1) is 28.5 Å². The van der Waals surface area contributed by atoms with Gasteiger partial charge in [-0.1, -0.05) is 0 Å². The molecule has 0 saturated carbocycles. The first kappa shape index (κ1) is 18.2. The minimum Gasteiger partial charge on any atom is -0.439 e. The highest BCUT2D eigenvalue weighted by Crippen LogP contribution is 2.30. The molecular weight excluding hydrogens is 347 g/mol. The summed E-state index contributed by atoms with van der Waals surface area (Å²) in [7, 11) is 0. The summed E-state index contributed by atoms with van der Waals surface area (Å²) in [6.45, 7) is 4.04. The largest absolute Gasteiger partial charge is 0.439 e. The van der Waals surface area contributed by atoms with Gasteiger partial charge < -0.3 is 14.4 Å². The smallest absolute Gasteiger partial charge is 0.417 e. The Bertz CT molecular complexity index is 897. The number of halogens is 3. The number of benzene rings is 1. The van der Waals surface area contributed by atoms with E-state index in [0.29, 0.717) is 18.7 Å². The van der Waals surface area contributed by atoms with Crippen LogP contribution in [0.3, 0.4) is 0 Å². The normalized spacial score (nSPS) is 12.5. The lowest BCUT2D eigenvalue weighted by molar-refractivity contribution is -0.137. The molecule has 1 N–H and O–H groups in total. The van der Waals surface area contributed by atoms with Crippen LogP contribution in [0.4, 0.5) is 13.2 Å². The van der Waals surface area contributed by atoms with Crippen molar-refractivity contribution in [3.63, 3.8) is 0 Å². The molecule has 2 heterocycles. The van der Waals surface area contributed by atoms with Gasteiger partial charge in [-0.05, 0) is 38.5 Å². The van der Waals surface area contributed by atoms with Crippen molar-refractivity contribution in [2.75, 3.05) is 0 Å². The summed E-state index contributed by atoms with van der Waals surface area (Å²) in [4.78, 5) is 7.99. The molecular formula is C18H18F3N3O2. The third-order valence-electron chi connectivity index (χ3n) is 3.84. The fourth-order valence-electron chi connectivity index (χ4n) is 2.40. The zero-order chi connectivity index (χ0) is 18.9. The maximum absolute atomic E-state index is 12.6. The number of alkyl halides is 3. The minimum atomic E-state index is -4.43. The maximum atomic E-state index is 12.6. The number of aryl methyl sites for hydroxylation is 1. The molecule has 2 aromatic heterocycles. The van der Waals surface area contributed by atoms with E-state index in [0.717, 1.165) is 23.3 Å². The number of aromatic nitrogens is 3. The van der Waals surface area contributed by atoms with Gasteiger partial charge in [-0.25, -0.2) is 9.97 Å². The van der Waals surface area contributed by atoms with E-state index in [-0.39, 0.29) is 5.88 Å². The van der Waals surface area contributed by atoms with E-state index in [1.54, 1.807) is 38.4 Å². The Labute approximate surface area is 148 Å². The number of pyridine rings is 1. The van der Waals surface area contributed by atoms with Crippen molar-refractivity contribution in [2.24, 2.45) is 0 Å². The quantitative estimate of drug-likeness (QED) is 0.728. The van der Waals surface area contributed by atoms with Crippen LogP contribution in [0.5, 0.6) is 11.6 Å². The topological polar surface area (TPSA) is 60.2 Å². The molecule has 8 heteroatoms. The summed E-state index contributed by atoms with van der Waals surface area (Å²) < 4.78 is 45.2. The van der Waals surface area contributed by atoms with Crippen LogP contribution in [0.15, 0.2) is 42.9 Å². The molecule has 0 aliphatic carbocycles. The van der Waals surface area contributed by atoms with Gasteiger partial charge in [0, 0.05) is 24.9 Å². The first-order valence-corrected chi connectivity index (χ1v) is 8.00. The zero-order valence-corrected chi connectivity index (χ0v) is 14.3. The zero-order valence-electron chi connectivity index (χ0n) is 14.3. The molecule has 1 aromatic carbocycles. The highest BCUT2D eigenvalue weighted by Gasteiger charge is 2.30. The summed E-state index contributed by atoms with van der Waals surface area (Å²) in [5.74, 6) is 0.509. The SMILES string of the molecule is CC(C)(O)CCn1cnc2ccc(Oc3ccc(C(F)(F)F)cn3)cc21. The Balaban J connectivity index is 1.80. The highest BCUT2D eigenvalue weighted by molar-refractivity contribution is 5.77. The van der Waals surface area contributed by atoms with Crippen molar-refractivity contribution in [3.05, 3.63) is 48.4 Å². The number of aliphatic hydroxyl groups is 1. The summed E-state index contributed by atoms with van der Waals surface area (Å²) in [5, 5.41) is 9.87. The lowest BCUT2D eigenvalue weighted by Gasteiger charge is -2.17. The van der Waals surface area contributed by atoms with Crippen molar-refractivity contribution in [1.29, 1.82) is 0 Å². The average molecular weight is 365 g/mol. The summed E-state index contributed by atoms with van der Waals surface area (Å²) in [6, 6.07) is 7.28. The molecule has 5 nitrogen and oxygen atoms in total. The van der Waals surface area contributed by atoms with Crippen molar-refractivity contribution in [3.8, 4) is 11.6 Å². The lowest BCUT2D eigenvalue weighted by Crippen LogP contribution is -2.20. The second-order valence-corrected chi connectivity index (χ2v) is 6.64. The number of nitrogens with zero attached hydrogens (tertiary/aromatic N) is 3. The third-order valence-corrected chi connectivity index (χ3v) is 3.84. The third kappa shape index (κ3) is 4.32. The van der Waals surface area contributed by atoms with Gasteiger partial charge >= 0.3 is 6.18 Å². The van der Waals surface area contributed by atoms with E-state index in [4.69, 9.17) is 4.74 Å². The molecule has 0 radical (unpaired) electrons. The number of imidazole rings is 1. The second kappa shape index (κ2) is 6.60. The number of fused-ring (bicyclic) bond motifs is 1. The van der Waals surface area contributed by atoms with Crippen LogP contribution in [0.2, 0.25) is 0 Å². The second-order valence-electron chi connectivity index (χ2n) is 6.64. The van der Waals surface area contributed by atoms with E-state index in [1.807, 2.05) is 4.57 Å². The van der Waals surface area contributed by atoms with Crippen LogP contribution in [0.1, 0.15) is 25.8 Å². The molecule has 0 saturated heterocycles. The van der Waals surface area contributed by atoms with Gasteiger partial charge in [-0.2, -0.15) is 13.2 Å². The van der Waals surface area contributed by atoms with E-state index >= 15 is 0 Å². The van der Waals surface area contributed by atoms with E-state index < -0.39 is 17.3 Å². The molecule has 0 aliphatic rings.